The Labute approximate surface area is 131 Å². The van der Waals surface area contributed by atoms with Gasteiger partial charge >= 0.3 is 0 Å². The van der Waals surface area contributed by atoms with Gasteiger partial charge in [0.15, 0.2) is 0 Å². The lowest BCUT2D eigenvalue weighted by atomic mass is 9.93. The monoisotopic (exact) mass is 304 g/mol. The molecule has 1 aromatic carbocycles. The highest BCUT2D eigenvalue weighted by Crippen LogP contribution is 2.34. The molecule has 5 nitrogen and oxygen atoms in total. The van der Waals surface area contributed by atoms with Crippen LogP contribution in [0.15, 0.2) is 18.2 Å². The minimum Gasteiger partial charge on any atom is -0.497 e. The molecule has 1 heterocycles. The van der Waals surface area contributed by atoms with Crippen LogP contribution < -0.4 is 19.7 Å². The summed E-state index contributed by atoms with van der Waals surface area (Å²) >= 11 is 0. The lowest BCUT2D eigenvalue weighted by molar-refractivity contribution is -0.122. The molecule has 1 aliphatic heterocycles. The normalized spacial score (nSPS) is 17.2. The number of nitrogens with zero attached hydrogens (tertiary/aromatic N) is 1. The Kier molecular flexibility index (Phi) is 4.71. The van der Waals surface area contributed by atoms with E-state index in [0.29, 0.717) is 19.1 Å². The number of carbonyl (C=O) groups is 1. The summed E-state index contributed by atoms with van der Waals surface area (Å²) in [5, 5.41) is 3.09. The maximum Gasteiger partial charge on any atom is 0.220 e. The number of anilines is 1. The van der Waals surface area contributed by atoms with Crippen LogP contribution in [-0.2, 0) is 4.79 Å². The molecule has 0 radical (unpaired) electrons. The molecule has 0 unspecified atom stereocenters. The van der Waals surface area contributed by atoms with Crippen molar-refractivity contribution in [1.29, 1.82) is 0 Å². The molecule has 0 aromatic heterocycles. The molecule has 120 valence electrons. The van der Waals surface area contributed by atoms with Crippen molar-refractivity contribution >= 4 is 11.6 Å². The van der Waals surface area contributed by atoms with Gasteiger partial charge in [0.05, 0.1) is 19.3 Å². The molecule has 1 aliphatic carbocycles. The number of ether oxygens (including phenoxy) is 2. The summed E-state index contributed by atoms with van der Waals surface area (Å²) in [5.74, 6) is 1.91. The average molecular weight is 304 g/mol. The summed E-state index contributed by atoms with van der Waals surface area (Å²) in [5.41, 5.74) is 1.06. The maximum atomic E-state index is 11.9. The van der Waals surface area contributed by atoms with Gasteiger partial charge in [-0.1, -0.05) is 0 Å². The Morgan fingerprint density at radius 3 is 3.05 bits per heavy atom. The summed E-state index contributed by atoms with van der Waals surface area (Å²) in [6.07, 6.45) is 4.98. The highest BCUT2D eigenvalue weighted by Gasteiger charge is 2.21. The predicted molar refractivity (Wildman–Crippen MR) is 85.7 cm³/mol. The SMILES string of the molecule is COc1ccc2c(c1)N(CCCC(=O)NC1CCC1)CCO2. The van der Waals surface area contributed by atoms with E-state index in [4.69, 9.17) is 9.47 Å². The molecule has 3 rings (SSSR count). The minimum atomic E-state index is 0.184. The smallest absolute Gasteiger partial charge is 0.220 e. The van der Waals surface area contributed by atoms with Gasteiger partial charge in [-0.05, 0) is 37.8 Å². The Morgan fingerprint density at radius 2 is 2.32 bits per heavy atom. The van der Waals surface area contributed by atoms with Gasteiger partial charge in [0.2, 0.25) is 5.91 Å². The fourth-order valence-electron chi connectivity index (χ4n) is 2.89. The topological polar surface area (TPSA) is 50.8 Å². The van der Waals surface area contributed by atoms with Crippen LogP contribution in [-0.4, -0.2) is 38.8 Å². The Morgan fingerprint density at radius 1 is 1.45 bits per heavy atom. The summed E-state index contributed by atoms with van der Waals surface area (Å²) < 4.78 is 11.0. The molecule has 0 atom stereocenters. The third kappa shape index (κ3) is 3.46. The zero-order chi connectivity index (χ0) is 15.4. The maximum absolute atomic E-state index is 11.9. The Bertz CT molecular complexity index is 529. The second-order valence-electron chi connectivity index (χ2n) is 5.97. The van der Waals surface area contributed by atoms with Crippen LogP contribution in [0, 0.1) is 0 Å². The highest BCUT2D eigenvalue weighted by atomic mass is 16.5. The molecular weight excluding hydrogens is 280 g/mol. The number of nitrogens with one attached hydrogen (secondary N) is 1. The lowest BCUT2D eigenvalue weighted by Gasteiger charge is -2.31. The molecule has 1 saturated carbocycles. The number of hydrogen-bond acceptors (Lipinski definition) is 4. The van der Waals surface area contributed by atoms with Crippen molar-refractivity contribution in [3.8, 4) is 11.5 Å². The lowest BCUT2D eigenvalue weighted by Crippen LogP contribution is -2.40. The molecule has 0 spiro atoms. The van der Waals surface area contributed by atoms with E-state index in [9.17, 15) is 4.79 Å². The summed E-state index contributed by atoms with van der Waals surface area (Å²) in [6, 6.07) is 6.29. The largest absolute Gasteiger partial charge is 0.497 e. The molecule has 22 heavy (non-hydrogen) atoms. The van der Waals surface area contributed by atoms with Crippen molar-refractivity contribution in [2.45, 2.75) is 38.1 Å². The second kappa shape index (κ2) is 6.90. The van der Waals surface area contributed by atoms with Crippen LogP contribution in [0.1, 0.15) is 32.1 Å². The quantitative estimate of drug-likeness (QED) is 0.876. The van der Waals surface area contributed by atoms with Crippen LogP contribution in [0.3, 0.4) is 0 Å². The zero-order valence-electron chi connectivity index (χ0n) is 13.1. The summed E-state index contributed by atoms with van der Waals surface area (Å²) in [4.78, 5) is 14.1. The first-order valence-electron chi connectivity index (χ1n) is 8.11. The molecule has 5 heteroatoms. The van der Waals surface area contributed by atoms with E-state index in [1.54, 1.807) is 7.11 Å². The standard InChI is InChI=1S/C17H24N2O3/c1-21-14-7-8-16-15(12-14)19(10-11-22-16)9-3-6-17(20)18-13-4-2-5-13/h7-8,12-13H,2-6,9-11H2,1H3,(H,18,20). The molecule has 0 bridgehead atoms. The Balaban J connectivity index is 1.51. The van der Waals surface area contributed by atoms with Crippen molar-refractivity contribution in [3.63, 3.8) is 0 Å². The first kappa shape index (κ1) is 15.0. The van der Waals surface area contributed by atoms with Crippen LogP contribution in [0.4, 0.5) is 5.69 Å². The zero-order valence-corrected chi connectivity index (χ0v) is 13.1. The van der Waals surface area contributed by atoms with Crippen molar-refractivity contribution in [1.82, 2.24) is 5.32 Å². The number of amides is 1. The van der Waals surface area contributed by atoms with Crippen LogP contribution >= 0.6 is 0 Å². The molecule has 1 N–H and O–H groups in total. The van der Waals surface area contributed by atoms with Crippen molar-refractivity contribution in [2.24, 2.45) is 0 Å². The average Bonchev–Trinajstić information content (AvgIpc) is 2.50. The first-order chi connectivity index (χ1) is 10.8. The van der Waals surface area contributed by atoms with Crippen LogP contribution in [0.2, 0.25) is 0 Å². The number of rotatable bonds is 6. The number of hydrogen-bond donors (Lipinski definition) is 1. The fraction of sp³-hybridized carbons (Fsp3) is 0.588. The van der Waals surface area contributed by atoms with Gasteiger partial charge in [0, 0.05) is 25.1 Å². The van der Waals surface area contributed by atoms with Gasteiger partial charge in [0.1, 0.15) is 18.1 Å². The van der Waals surface area contributed by atoms with Gasteiger partial charge in [-0.25, -0.2) is 0 Å². The summed E-state index contributed by atoms with van der Waals surface area (Å²) in [7, 11) is 1.67. The van der Waals surface area contributed by atoms with Gasteiger partial charge < -0.3 is 19.7 Å². The molecule has 1 amide bonds. The van der Waals surface area contributed by atoms with E-state index in [1.165, 1.54) is 6.42 Å². The number of carbonyl (C=O) groups excluding carboxylic acids is 1. The van der Waals surface area contributed by atoms with E-state index < -0.39 is 0 Å². The van der Waals surface area contributed by atoms with Crippen molar-refractivity contribution < 1.29 is 14.3 Å². The van der Waals surface area contributed by atoms with Gasteiger partial charge in [-0.3, -0.25) is 4.79 Å². The van der Waals surface area contributed by atoms with E-state index >= 15 is 0 Å². The van der Waals surface area contributed by atoms with E-state index in [-0.39, 0.29) is 5.91 Å². The highest BCUT2D eigenvalue weighted by molar-refractivity contribution is 5.76. The fourth-order valence-corrected chi connectivity index (χ4v) is 2.89. The molecule has 2 aliphatic rings. The predicted octanol–water partition coefficient (Wildman–Crippen LogP) is 2.34. The van der Waals surface area contributed by atoms with Gasteiger partial charge in [0.25, 0.3) is 0 Å². The number of fused-ring (bicyclic) bond motifs is 1. The summed E-state index contributed by atoms with van der Waals surface area (Å²) in [6.45, 7) is 2.40. The van der Waals surface area contributed by atoms with Crippen molar-refractivity contribution in [2.75, 3.05) is 31.7 Å². The van der Waals surface area contributed by atoms with E-state index in [2.05, 4.69) is 10.2 Å². The minimum absolute atomic E-state index is 0.184. The number of benzene rings is 1. The number of methoxy groups -OCH3 is 1. The van der Waals surface area contributed by atoms with Crippen LogP contribution in [0.5, 0.6) is 11.5 Å². The van der Waals surface area contributed by atoms with Gasteiger partial charge in [-0.15, -0.1) is 0 Å². The first-order valence-corrected chi connectivity index (χ1v) is 8.11. The van der Waals surface area contributed by atoms with Crippen molar-refractivity contribution in [3.05, 3.63) is 18.2 Å². The third-order valence-electron chi connectivity index (χ3n) is 4.43. The molecular formula is C17H24N2O3. The molecule has 1 fully saturated rings. The van der Waals surface area contributed by atoms with E-state index in [0.717, 1.165) is 49.5 Å². The Hall–Kier alpha value is -1.91. The van der Waals surface area contributed by atoms with Crippen LogP contribution in [0.25, 0.3) is 0 Å². The molecule has 1 aromatic rings. The van der Waals surface area contributed by atoms with Gasteiger partial charge in [-0.2, -0.15) is 0 Å². The molecule has 0 saturated heterocycles. The third-order valence-corrected chi connectivity index (χ3v) is 4.43. The van der Waals surface area contributed by atoms with E-state index in [1.807, 2.05) is 18.2 Å². The second-order valence-corrected chi connectivity index (χ2v) is 5.97.